The number of ether oxygens (including phenoxy) is 1. The summed E-state index contributed by atoms with van der Waals surface area (Å²) < 4.78 is 6.24. The second-order valence-corrected chi connectivity index (χ2v) is 2.41. The van der Waals surface area contributed by atoms with Crippen LogP contribution >= 0.6 is 0 Å². The molecule has 5 heteroatoms. The van der Waals surface area contributed by atoms with Crippen LogP contribution in [0.2, 0.25) is 0 Å². The van der Waals surface area contributed by atoms with E-state index in [2.05, 4.69) is 10.3 Å². The molecule has 0 N–H and O–H groups in total. The fourth-order valence-electron chi connectivity index (χ4n) is 0.865. The molecule has 0 amide bonds. The second kappa shape index (κ2) is 3.96. The van der Waals surface area contributed by atoms with Crippen molar-refractivity contribution in [3.8, 4) is 0 Å². The lowest BCUT2D eigenvalue weighted by atomic mass is 10.2. The molecule has 0 saturated carbocycles. The Morgan fingerprint density at radius 2 is 2.50 bits per heavy atom. The average molecular weight is 169 g/mol. The molecule has 0 aromatic carbocycles. The molecule has 1 heterocycles. The summed E-state index contributed by atoms with van der Waals surface area (Å²) in [6, 6.07) is 0. The Morgan fingerprint density at radius 1 is 1.75 bits per heavy atom. The monoisotopic (exact) mass is 169 g/mol. The summed E-state index contributed by atoms with van der Waals surface area (Å²) in [7, 11) is 3.25. The van der Waals surface area contributed by atoms with Gasteiger partial charge in [0.1, 0.15) is 5.69 Å². The number of nitrogens with zero attached hydrogens (tertiary/aromatic N) is 3. The molecular weight excluding hydrogens is 158 g/mol. The van der Waals surface area contributed by atoms with E-state index in [0.717, 1.165) is 0 Å². The zero-order valence-corrected chi connectivity index (χ0v) is 7.15. The van der Waals surface area contributed by atoms with E-state index in [9.17, 15) is 4.79 Å². The minimum absolute atomic E-state index is 0.00403. The van der Waals surface area contributed by atoms with E-state index in [-0.39, 0.29) is 5.78 Å². The Bertz CT molecular complexity index is 269. The Kier molecular flexibility index (Phi) is 2.93. The molecule has 0 aliphatic rings. The Morgan fingerprint density at radius 3 is 3.00 bits per heavy atom. The van der Waals surface area contributed by atoms with E-state index in [1.54, 1.807) is 14.2 Å². The van der Waals surface area contributed by atoms with Gasteiger partial charge < -0.3 is 4.74 Å². The SMILES string of the molecule is COCCC(=O)c1cnnn1C. The molecule has 12 heavy (non-hydrogen) atoms. The maximum Gasteiger partial charge on any atom is 0.184 e. The highest BCUT2D eigenvalue weighted by Gasteiger charge is 2.09. The summed E-state index contributed by atoms with van der Waals surface area (Å²) in [6.07, 6.45) is 1.83. The molecule has 66 valence electrons. The minimum Gasteiger partial charge on any atom is -0.384 e. The van der Waals surface area contributed by atoms with Crippen molar-refractivity contribution in [3.63, 3.8) is 0 Å². The summed E-state index contributed by atoms with van der Waals surface area (Å²) in [5, 5.41) is 7.25. The average Bonchev–Trinajstić information content (AvgIpc) is 2.47. The maximum absolute atomic E-state index is 11.3. The van der Waals surface area contributed by atoms with Gasteiger partial charge >= 0.3 is 0 Å². The van der Waals surface area contributed by atoms with Gasteiger partial charge in [0.05, 0.1) is 12.8 Å². The van der Waals surface area contributed by atoms with E-state index < -0.39 is 0 Å². The molecule has 1 rings (SSSR count). The highest BCUT2D eigenvalue weighted by Crippen LogP contribution is 1.98. The molecule has 0 bridgehead atoms. The van der Waals surface area contributed by atoms with Gasteiger partial charge in [-0.1, -0.05) is 5.21 Å². The third-order valence-electron chi connectivity index (χ3n) is 1.53. The van der Waals surface area contributed by atoms with Gasteiger partial charge in [-0.05, 0) is 0 Å². The number of rotatable bonds is 4. The van der Waals surface area contributed by atoms with Gasteiger partial charge in [0.25, 0.3) is 0 Å². The van der Waals surface area contributed by atoms with E-state index in [1.807, 2.05) is 0 Å². The molecule has 1 aromatic heterocycles. The van der Waals surface area contributed by atoms with Crippen LogP contribution < -0.4 is 0 Å². The molecule has 0 aliphatic carbocycles. The lowest BCUT2D eigenvalue weighted by molar-refractivity contribution is 0.0923. The van der Waals surface area contributed by atoms with Crippen molar-refractivity contribution in [2.24, 2.45) is 7.05 Å². The largest absolute Gasteiger partial charge is 0.384 e. The van der Waals surface area contributed by atoms with Gasteiger partial charge in [-0.25, -0.2) is 4.68 Å². The van der Waals surface area contributed by atoms with E-state index in [1.165, 1.54) is 10.9 Å². The van der Waals surface area contributed by atoms with Crippen LogP contribution in [0.15, 0.2) is 6.20 Å². The molecule has 0 aliphatic heterocycles. The van der Waals surface area contributed by atoms with Gasteiger partial charge in [-0.3, -0.25) is 4.79 Å². The lowest BCUT2D eigenvalue weighted by Gasteiger charge is -1.98. The number of carbonyl (C=O) groups is 1. The molecule has 0 radical (unpaired) electrons. The first-order valence-electron chi connectivity index (χ1n) is 3.62. The molecule has 5 nitrogen and oxygen atoms in total. The van der Waals surface area contributed by atoms with Crippen LogP contribution in [0.3, 0.4) is 0 Å². The van der Waals surface area contributed by atoms with Crippen molar-refractivity contribution in [1.29, 1.82) is 0 Å². The number of aryl methyl sites for hydroxylation is 1. The van der Waals surface area contributed by atoms with Crippen molar-refractivity contribution < 1.29 is 9.53 Å². The third kappa shape index (κ3) is 1.88. The highest BCUT2D eigenvalue weighted by molar-refractivity contribution is 5.94. The number of ketones is 1. The Labute approximate surface area is 70.3 Å². The van der Waals surface area contributed by atoms with Crippen LogP contribution in [0.1, 0.15) is 16.9 Å². The number of hydrogen-bond acceptors (Lipinski definition) is 4. The van der Waals surface area contributed by atoms with Crippen molar-refractivity contribution >= 4 is 5.78 Å². The summed E-state index contributed by atoms with van der Waals surface area (Å²) in [4.78, 5) is 11.3. The summed E-state index contributed by atoms with van der Waals surface area (Å²) >= 11 is 0. The molecule has 0 saturated heterocycles. The molecular formula is C7H11N3O2. The molecule has 0 fully saturated rings. The molecule has 0 atom stereocenters. The fraction of sp³-hybridized carbons (Fsp3) is 0.571. The van der Waals surface area contributed by atoms with Crippen molar-refractivity contribution in [1.82, 2.24) is 15.0 Å². The first-order chi connectivity index (χ1) is 5.75. The predicted octanol–water partition coefficient (Wildman–Crippen LogP) is 0.0343. The maximum atomic E-state index is 11.3. The second-order valence-electron chi connectivity index (χ2n) is 2.41. The third-order valence-corrected chi connectivity index (χ3v) is 1.53. The standard InChI is InChI=1S/C7H11N3O2/c1-10-6(5-8-9-10)7(11)3-4-12-2/h5H,3-4H2,1-2H3. The number of Topliss-reactive ketones (excluding diaryl/α,β-unsaturated/α-hetero) is 1. The minimum atomic E-state index is 0.00403. The van der Waals surface area contributed by atoms with Crippen LogP contribution in [0.25, 0.3) is 0 Å². The van der Waals surface area contributed by atoms with E-state index in [4.69, 9.17) is 4.74 Å². The van der Waals surface area contributed by atoms with Gasteiger partial charge in [-0.15, -0.1) is 5.10 Å². The van der Waals surface area contributed by atoms with E-state index in [0.29, 0.717) is 18.7 Å². The number of methoxy groups -OCH3 is 1. The fourth-order valence-corrected chi connectivity index (χ4v) is 0.865. The van der Waals surface area contributed by atoms with Gasteiger partial charge in [0.2, 0.25) is 0 Å². The van der Waals surface area contributed by atoms with Gasteiger partial charge in [-0.2, -0.15) is 0 Å². The van der Waals surface area contributed by atoms with Crippen LogP contribution in [0, 0.1) is 0 Å². The van der Waals surface area contributed by atoms with Crippen molar-refractivity contribution in [3.05, 3.63) is 11.9 Å². The molecule has 0 unspecified atom stereocenters. The normalized spacial score (nSPS) is 10.2. The zero-order chi connectivity index (χ0) is 8.97. The number of carbonyl (C=O) groups excluding carboxylic acids is 1. The lowest BCUT2D eigenvalue weighted by Crippen LogP contribution is -2.08. The highest BCUT2D eigenvalue weighted by atomic mass is 16.5. The number of aromatic nitrogens is 3. The summed E-state index contributed by atoms with van der Waals surface area (Å²) in [5.74, 6) is 0.00403. The summed E-state index contributed by atoms with van der Waals surface area (Å²) in [5.41, 5.74) is 0.520. The smallest absolute Gasteiger partial charge is 0.184 e. The van der Waals surface area contributed by atoms with Crippen LogP contribution in [0.5, 0.6) is 0 Å². The van der Waals surface area contributed by atoms with Gasteiger partial charge in [0, 0.05) is 20.6 Å². The van der Waals surface area contributed by atoms with Crippen molar-refractivity contribution in [2.45, 2.75) is 6.42 Å². The predicted molar refractivity (Wildman–Crippen MR) is 41.8 cm³/mol. The van der Waals surface area contributed by atoms with Crippen LogP contribution in [-0.2, 0) is 11.8 Å². The van der Waals surface area contributed by atoms with E-state index >= 15 is 0 Å². The quantitative estimate of drug-likeness (QED) is 0.597. The topological polar surface area (TPSA) is 57.0 Å². The van der Waals surface area contributed by atoms with Crippen molar-refractivity contribution in [2.75, 3.05) is 13.7 Å². The number of hydrogen-bond donors (Lipinski definition) is 0. The van der Waals surface area contributed by atoms with Crippen LogP contribution in [-0.4, -0.2) is 34.5 Å². The van der Waals surface area contributed by atoms with Gasteiger partial charge in [0.15, 0.2) is 5.78 Å². The Hall–Kier alpha value is -1.23. The molecule has 1 aromatic rings. The zero-order valence-electron chi connectivity index (χ0n) is 7.15. The first kappa shape index (κ1) is 8.86. The van der Waals surface area contributed by atoms with Crippen LogP contribution in [0.4, 0.5) is 0 Å². The first-order valence-corrected chi connectivity index (χ1v) is 3.62. The summed E-state index contributed by atoms with van der Waals surface area (Å²) in [6.45, 7) is 0.435. The molecule has 0 spiro atoms. The Balaban J connectivity index is 2.59.